The second-order valence-corrected chi connectivity index (χ2v) is 8.62. The van der Waals surface area contributed by atoms with Gasteiger partial charge in [-0.1, -0.05) is 33.6 Å². The van der Waals surface area contributed by atoms with E-state index in [1.165, 1.54) is 12.3 Å². The highest BCUT2D eigenvalue weighted by Gasteiger charge is 2.27. The van der Waals surface area contributed by atoms with E-state index in [0.29, 0.717) is 16.5 Å². The largest absolute Gasteiger partial charge is 0.293 e. The van der Waals surface area contributed by atoms with Gasteiger partial charge in [0.05, 0.1) is 10.2 Å². The molecule has 0 atom stereocenters. The van der Waals surface area contributed by atoms with E-state index in [0.717, 1.165) is 9.54 Å². The lowest BCUT2D eigenvalue weighted by Gasteiger charge is -2.13. The highest BCUT2D eigenvalue weighted by Crippen LogP contribution is 2.29. The Balaban J connectivity index is 2.40. The molecule has 0 N–H and O–H groups in total. The Kier molecular flexibility index (Phi) is 4.93. The lowest BCUT2D eigenvalue weighted by Crippen LogP contribution is -2.16. The average Bonchev–Trinajstić information content (AvgIpc) is 2.99. The minimum Gasteiger partial charge on any atom is -0.293 e. The van der Waals surface area contributed by atoms with Crippen LogP contribution in [0.3, 0.4) is 0 Å². The molecule has 0 amide bonds. The molecule has 0 fully saturated rings. The van der Waals surface area contributed by atoms with Crippen LogP contribution in [0.5, 0.6) is 0 Å². The summed E-state index contributed by atoms with van der Waals surface area (Å²) in [5.41, 5.74) is 2.56. The lowest BCUT2D eigenvalue weighted by atomic mass is 10.1. The fourth-order valence-corrected chi connectivity index (χ4v) is 5.33. The SMILES string of the molecule is Cc1cc(C)c(S(=O)(=O)n2cc(C(=O)CBr)c3ccc(C#N)nc32)c(C)c1. The summed E-state index contributed by atoms with van der Waals surface area (Å²) in [6.07, 6.45) is 1.29. The van der Waals surface area contributed by atoms with E-state index in [1.807, 2.05) is 13.0 Å². The van der Waals surface area contributed by atoms with Gasteiger partial charge in [0.1, 0.15) is 11.8 Å². The number of nitrogens with zero attached hydrogens (tertiary/aromatic N) is 3. The predicted octanol–water partition coefficient (Wildman–Crippen LogP) is 3.65. The van der Waals surface area contributed by atoms with E-state index in [4.69, 9.17) is 5.26 Å². The third-order valence-electron chi connectivity index (χ3n) is 4.28. The summed E-state index contributed by atoms with van der Waals surface area (Å²) in [6.45, 7) is 5.36. The zero-order chi connectivity index (χ0) is 19.9. The number of Topliss-reactive ketones (excluding diaryl/α,β-unsaturated/α-hetero) is 1. The van der Waals surface area contributed by atoms with Gasteiger partial charge in [-0.25, -0.2) is 17.4 Å². The quantitative estimate of drug-likeness (QED) is 0.451. The van der Waals surface area contributed by atoms with Gasteiger partial charge < -0.3 is 0 Å². The van der Waals surface area contributed by atoms with Crippen LogP contribution in [0.4, 0.5) is 0 Å². The molecule has 2 aromatic heterocycles. The highest BCUT2D eigenvalue weighted by molar-refractivity contribution is 9.09. The van der Waals surface area contributed by atoms with Gasteiger partial charge >= 0.3 is 0 Å². The molecule has 0 aliphatic heterocycles. The molecule has 27 heavy (non-hydrogen) atoms. The van der Waals surface area contributed by atoms with Gasteiger partial charge in [0.25, 0.3) is 10.0 Å². The summed E-state index contributed by atoms with van der Waals surface area (Å²) in [6, 6.07) is 8.52. The molecule has 0 saturated carbocycles. The van der Waals surface area contributed by atoms with Crippen LogP contribution in [0.1, 0.15) is 32.7 Å². The maximum atomic E-state index is 13.4. The molecule has 0 radical (unpaired) electrons. The molecular formula is C19H16BrN3O3S. The van der Waals surface area contributed by atoms with Crippen LogP contribution < -0.4 is 0 Å². The maximum absolute atomic E-state index is 13.4. The maximum Gasteiger partial charge on any atom is 0.269 e. The third kappa shape index (κ3) is 3.17. The van der Waals surface area contributed by atoms with E-state index < -0.39 is 10.0 Å². The number of alkyl halides is 1. The number of benzene rings is 1. The number of aryl methyl sites for hydroxylation is 3. The molecule has 8 heteroatoms. The Morgan fingerprint density at radius 3 is 2.41 bits per heavy atom. The van der Waals surface area contributed by atoms with Crippen molar-refractivity contribution in [1.29, 1.82) is 5.26 Å². The summed E-state index contributed by atoms with van der Waals surface area (Å²) in [7, 11) is -4.01. The molecule has 138 valence electrons. The first kappa shape index (κ1) is 19.3. The van der Waals surface area contributed by atoms with Crippen LogP contribution in [0.25, 0.3) is 11.0 Å². The van der Waals surface area contributed by atoms with E-state index in [-0.39, 0.29) is 32.9 Å². The van der Waals surface area contributed by atoms with Crippen LogP contribution in [0, 0.1) is 32.1 Å². The molecule has 0 unspecified atom stereocenters. The van der Waals surface area contributed by atoms with Gasteiger partial charge in [-0.15, -0.1) is 0 Å². The normalized spacial score (nSPS) is 11.5. The van der Waals surface area contributed by atoms with E-state index in [2.05, 4.69) is 20.9 Å². The van der Waals surface area contributed by atoms with Crippen molar-refractivity contribution in [2.24, 2.45) is 0 Å². The van der Waals surface area contributed by atoms with Gasteiger partial charge in [-0.3, -0.25) is 4.79 Å². The first-order chi connectivity index (χ1) is 12.7. The Labute approximate surface area is 165 Å². The number of aromatic nitrogens is 2. The van der Waals surface area contributed by atoms with E-state index >= 15 is 0 Å². The summed E-state index contributed by atoms with van der Waals surface area (Å²) in [4.78, 5) is 16.6. The fourth-order valence-electron chi connectivity index (χ4n) is 3.29. The first-order valence-corrected chi connectivity index (χ1v) is 10.6. The van der Waals surface area contributed by atoms with Crippen molar-refractivity contribution < 1.29 is 13.2 Å². The average molecular weight is 446 g/mol. The summed E-state index contributed by atoms with van der Waals surface area (Å²) in [5, 5.41) is 9.59. The van der Waals surface area contributed by atoms with Gasteiger partial charge in [-0.05, 0) is 44.0 Å². The Hall–Kier alpha value is -2.50. The number of halogens is 1. The number of pyridine rings is 1. The van der Waals surface area contributed by atoms with Crippen LogP contribution >= 0.6 is 15.9 Å². The van der Waals surface area contributed by atoms with Gasteiger partial charge in [0.2, 0.25) is 0 Å². The third-order valence-corrected chi connectivity index (χ3v) is 6.74. The van der Waals surface area contributed by atoms with Crippen molar-refractivity contribution >= 4 is 42.8 Å². The molecule has 2 heterocycles. The van der Waals surface area contributed by atoms with Crippen molar-refractivity contribution in [2.45, 2.75) is 25.7 Å². The van der Waals surface area contributed by atoms with Crippen LogP contribution in [0.2, 0.25) is 0 Å². The Morgan fingerprint density at radius 1 is 1.22 bits per heavy atom. The smallest absolute Gasteiger partial charge is 0.269 e. The van der Waals surface area contributed by atoms with Crippen molar-refractivity contribution in [3.05, 3.63) is 58.4 Å². The predicted molar refractivity (Wildman–Crippen MR) is 106 cm³/mol. The number of ketones is 1. The molecule has 3 rings (SSSR count). The monoisotopic (exact) mass is 445 g/mol. The van der Waals surface area contributed by atoms with Gasteiger partial charge in [0, 0.05) is 17.1 Å². The number of carbonyl (C=O) groups is 1. The van der Waals surface area contributed by atoms with E-state index in [9.17, 15) is 13.2 Å². The fraction of sp³-hybridized carbons (Fsp3) is 0.211. The molecular weight excluding hydrogens is 430 g/mol. The molecule has 0 spiro atoms. The zero-order valence-corrected chi connectivity index (χ0v) is 17.3. The van der Waals surface area contributed by atoms with Crippen LogP contribution in [-0.4, -0.2) is 28.5 Å². The summed E-state index contributed by atoms with van der Waals surface area (Å²) >= 11 is 3.12. The molecule has 3 aromatic rings. The highest BCUT2D eigenvalue weighted by atomic mass is 79.9. The van der Waals surface area contributed by atoms with E-state index in [1.54, 1.807) is 32.0 Å². The minimum atomic E-state index is -4.01. The van der Waals surface area contributed by atoms with Crippen molar-refractivity contribution in [2.75, 3.05) is 5.33 Å². The second-order valence-electron chi connectivity index (χ2n) is 6.31. The number of fused-ring (bicyclic) bond motifs is 1. The molecule has 1 aromatic carbocycles. The van der Waals surface area contributed by atoms with Gasteiger partial charge in [0.15, 0.2) is 11.4 Å². The van der Waals surface area contributed by atoms with Crippen LogP contribution in [-0.2, 0) is 10.0 Å². The number of hydrogen-bond acceptors (Lipinski definition) is 5. The molecule has 6 nitrogen and oxygen atoms in total. The zero-order valence-electron chi connectivity index (χ0n) is 14.9. The molecule has 0 saturated heterocycles. The second kappa shape index (κ2) is 6.91. The van der Waals surface area contributed by atoms with Crippen molar-refractivity contribution in [3.63, 3.8) is 0 Å². The summed E-state index contributed by atoms with van der Waals surface area (Å²) in [5.74, 6) is -0.266. The number of rotatable bonds is 4. The minimum absolute atomic E-state index is 0.0503. The number of carbonyl (C=O) groups excluding carboxylic acids is 1. The number of hydrogen-bond donors (Lipinski definition) is 0. The molecule has 0 aliphatic carbocycles. The van der Waals surface area contributed by atoms with Crippen molar-refractivity contribution in [1.82, 2.24) is 8.96 Å². The number of nitriles is 1. The standard InChI is InChI=1S/C19H16BrN3O3S/c1-11-6-12(2)18(13(3)7-11)27(25,26)23-10-16(17(24)8-20)15-5-4-14(9-21)22-19(15)23/h4-7,10H,8H2,1-3H3. The molecule has 0 aliphatic rings. The topological polar surface area (TPSA) is 92.8 Å². The first-order valence-electron chi connectivity index (χ1n) is 8.05. The Bertz CT molecular complexity index is 1210. The van der Waals surface area contributed by atoms with Gasteiger partial charge in [-0.2, -0.15) is 5.26 Å². The van der Waals surface area contributed by atoms with Crippen LogP contribution in [0.15, 0.2) is 35.4 Å². The summed E-state index contributed by atoms with van der Waals surface area (Å²) < 4.78 is 27.9. The van der Waals surface area contributed by atoms with Crippen molar-refractivity contribution in [3.8, 4) is 6.07 Å². The lowest BCUT2D eigenvalue weighted by molar-refractivity contribution is 0.102. The Morgan fingerprint density at radius 2 is 1.85 bits per heavy atom. The molecule has 0 bridgehead atoms.